The fourth-order valence-electron chi connectivity index (χ4n) is 2.33. The van der Waals surface area contributed by atoms with Crippen molar-refractivity contribution in [3.63, 3.8) is 0 Å². The minimum Gasteiger partial charge on any atom is -0.486 e. The number of aryl methyl sites for hydroxylation is 2. The number of aromatic carboxylic acids is 1. The van der Waals surface area contributed by atoms with Gasteiger partial charge in [0.1, 0.15) is 12.4 Å². The lowest BCUT2D eigenvalue weighted by atomic mass is 10.1. The van der Waals surface area contributed by atoms with Crippen LogP contribution in [-0.2, 0) is 19.4 Å². The van der Waals surface area contributed by atoms with E-state index >= 15 is 0 Å². The zero-order valence-electron chi connectivity index (χ0n) is 10.3. The molecule has 0 amide bonds. The number of hydrogen-bond acceptors (Lipinski definition) is 4. The van der Waals surface area contributed by atoms with Crippen LogP contribution in [-0.4, -0.2) is 16.1 Å². The highest BCUT2D eigenvalue weighted by Crippen LogP contribution is 2.26. The molecule has 1 aliphatic carbocycles. The Kier molecular flexibility index (Phi) is 2.95. The summed E-state index contributed by atoms with van der Waals surface area (Å²) in [5.41, 5.74) is 2.59. The lowest BCUT2D eigenvalue weighted by molar-refractivity contribution is 0.0686. The number of aromatic nitrogens is 1. The molecular weight excluding hydrogens is 246 g/mol. The first-order valence-corrected chi connectivity index (χ1v) is 6.14. The van der Waals surface area contributed by atoms with Crippen LogP contribution in [0.15, 0.2) is 29.0 Å². The standard InChI is InChI=1S/C14H13NO4/c16-14(17)13-12(19-8-15-13)7-18-11-5-4-9-2-1-3-10(9)6-11/h4-6,8H,1-3,7H2,(H,16,17). The molecule has 2 aromatic rings. The molecule has 1 aromatic carbocycles. The fourth-order valence-corrected chi connectivity index (χ4v) is 2.33. The molecule has 98 valence electrons. The maximum atomic E-state index is 10.9. The molecule has 0 atom stereocenters. The summed E-state index contributed by atoms with van der Waals surface area (Å²) in [5, 5.41) is 8.90. The summed E-state index contributed by atoms with van der Waals surface area (Å²) in [4.78, 5) is 14.5. The molecule has 0 aliphatic heterocycles. The second-order valence-corrected chi connectivity index (χ2v) is 4.50. The Morgan fingerprint density at radius 2 is 2.21 bits per heavy atom. The van der Waals surface area contributed by atoms with Gasteiger partial charge in [0, 0.05) is 0 Å². The van der Waals surface area contributed by atoms with Crippen molar-refractivity contribution in [3.8, 4) is 5.75 Å². The molecule has 0 spiro atoms. The highest BCUT2D eigenvalue weighted by atomic mass is 16.5. The molecule has 0 bridgehead atoms. The molecule has 1 aliphatic rings. The van der Waals surface area contributed by atoms with Crippen LogP contribution in [0.4, 0.5) is 0 Å². The average molecular weight is 259 g/mol. The molecule has 5 nitrogen and oxygen atoms in total. The monoisotopic (exact) mass is 259 g/mol. The quantitative estimate of drug-likeness (QED) is 0.912. The maximum Gasteiger partial charge on any atom is 0.358 e. The number of ether oxygens (including phenoxy) is 1. The van der Waals surface area contributed by atoms with E-state index in [1.807, 2.05) is 12.1 Å². The van der Waals surface area contributed by atoms with Crippen LogP contribution >= 0.6 is 0 Å². The third-order valence-corrected chi connectivity index (χ3v) is 3.28. The number of hydrogen-bond donors (Lipinski definition) is 1. The van der Waals surface area contributed by atoms with Gasteiger partial charge < -0.3 is 14.3 Å². The van der Waals surface area contributed by atoms with Gasteiger partial charge in [-0.05, 0) is 42.5 Å². The van der Waals surface area contributed by atoms with E-state index in [9.17, 15) is 4.79 Å². The van der Waals surface area contributed by atoms with Crippen molar-refractivity contribution in [2.75, 3.05) is 0 Å². The summed E-state index contributed by atoms with van der Waals surface area (Å²) in [7, 11) is 0. The minimum absolute atomic E-state index is 0.0699. The Morgan fingerprint density at radius 3 is 3.05 bits per heavy atom. The van der Waals surface area contributed by atoms with E-state index in [4.69, 9.17) is 14.3 Å². The number of carbonyl (C=O) groups is 1. The molecule has 3 rings (SSSR count). The molecule has 1 aromatic heterocycles. The molecule has 0 radical (unpaired) electrons. The highest BCUT2D eigenvalue weighted by molar-refractivity contribution is 5.86. The summed E-state index contributed by atoms with van der Waals surface area (Å²) in [6, 6.07) is 5.98. The van der Waals surface area contributed by atoms with Gasteiger partial charge in [-0.1, -0.05) is 6.07 Å². The highest BCUT2D eigenvalue weighted by Gasteiger charge is 2.16. The fraction of sp³-hybridized carbons (Fsp3) is 0.286. The van der Waals surface area contributed by atoms with E-state index in [-0.39, 0.29) is 18.1 Å². The number of oxazole rings is 1. The van der Waals surface area contributed by atoms with Crippen LogP contribution in [0.25, 0.3) is 0 Å². The van der Waals surface area contributed by atoms with Gasteiger partial charge in [0.05, 0.1) is 0 Å². The van der Waals surface area contributed by atoms with Crippen LogP contribution in [0.1, 0.15) is 33.8 Å². The van der Waals surface area contributed by atoms with E-state index in [0.29, 0.717) is 0 Å². The Morgan fingerprint density at radius 1 is 1.37 bits per heavy atom. The number of benzene rings is 1. The first kappa shape index (κ1) is 11.8. The van der Waals surface area contributed by atoms with Crippen LogP contribution < -0.4 is 4.74 Å². The first-order valence-electron chi connectivity index (χ1n) is 6.14. The van der Waals surface area contributed by atoms with E-state index in [0.717, 1.165) is 25.0 Å². The van der Waals surface area contributed by atoms with Gasteiger partial charge in [-0.15, -0.1) is 0 Å². The van der Waals surface area contributed by atoms with Crippen molar-refractivity contribution in [2.45, 2.75) is 25.9 Å². The van der Waals surface area contributed by atoms with Gasteiger partial charge in [0.25, 0.3) is 0 Å². The number of carboxylic acid groups (broad SMARTS) is 1. The number of carboxylic acids is 1. The van der Waals surface area contributed by atoms with E-state index < -0.39 is 5.97 Å². The molecule has 1 N–H and O–H groups in total. The van der Waals surface area contributed by atoms with Gasteiger partial charge in [-0.25, -0.2) is 9.78 Å². The number of nitrogens with zero attached hydrogens (tertiary/aromatic N) is 1. The Bertz CT molecular complexity index is 618. The second kappa shape index (κ2) is 4.76. The van der Waals surface area contributed by atoms with E-state index in [2.05, 4.69) is 11.1 Å². The second-order valence-electron chi connectivity index (χ2n) is 4.50. The summed E-state index contributed by atoms with van der Waals surface area (Å²) in [6.45, 7) is 0.0699. The third kappa shape index (κ3) is 2.31. The van der Waals surface area contributed by atoms with Crippen molar-refractivity contribution >= 4 is 5.97 Å². The van der Waals surface area contributed by atoms with Crippen LogP contribution in [0, 0.1) is 0 Å². The zero-order chi connectivity index (χ0) is 13.2. The SMILES string of the molecule is O=C(O)c1ncoc1COc1ccc2c(c1)CCC2. The summed E-state index contributed by atoms with van der Waals surface area (Å²) >= 11 is 0. The van der Waals surface area contributed by atoms with Gasteiger partial charge in [0.15, 0.2) is 17.8 Å². The molecule has 0 unspecified atom stereocenters. The van der Waals surface area contributed by atoms with Gasteiger partial charge in [-0.3, -0.25) is 0 Å². The predicted molar refractivity (Wildman–Crippen MR) is 66.3 cm³/mol. The topological polar surface area (TPSA) is 72.6 Å². The molecule has 0 saturated carbocycles. The van der Waals surface area contributed by atoms with Gasteiger partial charge in [-0.2, -0.15) is 0 Å². The zero-order valence-corrected chi connectivity index (χ0v) is 10.3. The van der Waals surface area contributed by atoms with E-state index in [1.54, 1.807) is 0 Å². The Hall–Kier alpha value is -2.30. The smallest absolute Gasteiger partial charge is 0.358 e. The maximum absolute atomic E-state index is 10.9. The predicted octanol–water partition coefficient (Wildman–Crippen LogP) is 2.44. The largest absolute Gasteiger partial charge is 0.486 e. The van der Waals surface area contributed by atoms with Crippen LogP contribution in [0.2, 0.25) is 0 Å². The summed E-state index contributed by atoms with van der Waals surface area (Å²) in [6.07, 6.45) is 4.50. The van der Waals surface area contributed by atoms with Crippen molar-refractivity contribution in [1.82, 2.24) is 4.98 Å². The van der Waals surface area contributed by atoms with Crippen LogP contribution in [0.3, 0.4) is 0 Å². The molecule has 0 fully saturated rings. The Labute approximate surface area is 109 Å². The summed E-state index contributed by atoms with van der Waals surface area (Å²) < 4.78 is 10.6. The molecule has 5 heteroatoms. The molecule has 19 heavy (non-hydrogen) atoms. The Balaban J connectivity index is 1.72. The lowest BCUT2D eigenvalue weighted by Gasteiger charge is -2.06. The van der Waals surface area contributed by atoms with Crippen molar-refractivity contribution < 1.29 is 19.1 Å². The van der Waals surface area contributed by atoms with Gasteiger partial charge in [0.2, 0.25) is 0 Å². The van der Waals surface area contributed by atoms with Crippen LogP contribution in [0.5, 0.6) is 5.75 Å². The van der Waals surface area contributed by atoms with Gasteiger partial charge >= 0.3 is 5.97 Å². The number of rotatable bonds is 4. The average Bonchev–Trinajstić information content (AvgIpc) is 3.04. The van der Waals surface area contributed by atoms with Crippen molar-refractivity contribution in [3.05, 3.63) is 47.2 Å². The molecular formula is C14H13NO4. The van der Waals surface area contributed by atoms with E-state index in [1.165, 1.54) is 17.5 Å². The molecule has 1 heterocycles. The summed E-state index contributed by atoms with van der Waals surface area (Å²) in [5.74, 6) is -0.150. The van der Waals surface area contributed by atoms with Crippen molar-refractivity contribution in [2.24, 2.45) is 0 Å². The number of fused-ring (bicyclic) bond motifs is 1. The third-order valence-electron chi connectivity index (χ3n) is 3.28. The van der Waals surface area contributed by atoms with Crippen molar-refractivity contribution in [1.29, 1.82) is 0 Å². The first-order chi connectivity index (χ1) is 9.24. The molecule has 0 saturated heterocycles. The minimum atomic E-state index is -1.11. The normalized spacial score (nSPS) is 13.3. The lowest BCUT2D eigenvalue weighted by Crippen LogP contribution is -2.04.